The number of nitrogens with one attached hydrogen (secondary N) is 1. The van der Waals surface area contributed by atoms with Crippen molar-refractivity contribution in [2.24, 2.45) is 0 Å². The number of hydrogen-bond acceptors (Lipinski definition) is 5. The van der Waals surface area contributed by atoms with Crippen LogP contribution in [0.3, 0.4) is 0 Å². The number of rotatable bonds is 5. The van der Waals surface area contributed by atoms with E-state index in [1.54, 1.807) is 0 Å². The number of halogens is 1. The third-order valence-electron chi connectivity index (χ3n) is 2.32. The predicted molar refractivity (Wildman–Crippen MR) is 71.7 cm³/mol. The molecule has 6 nitrogen and oxygen atoms in total. The minimum Gasteiger partial charge on any atom is -0.476 e. The van der Waals surface area contributed by atoms with Gasteiger partial charge < -0.3 is 5.11 Å². The van der Waals surface area contributed by atoms with Crippen LogP contribution in [0.25, 0.3) is 0 Å². The Balaban J connectivity index is 2.22. The summed E-state index contributed by atoms with van der Waals surface area (Å²) in [5.74, 6) is -2.56. The van der Waals surface area contributed by atoms with Gasteiger partial charge in [0, 0.05) is 5.56 Å². The summed E-state index contributed by atoms with van der Waals surface area (Å²) < 4.78 is 39.3. The number of nitrogens with zero attached hydrogens (tertiary/aromatic N) is 1. The zero-order valence-electron chi connectivity index (χ0n) is 9.91. The Hall–Kier alpha value is -2.00. The molecule has 2 rings (SSSR count). The van der Waals surface area contributed by atoms with Crippen LogP contribution in [0.15, 0.2) is 29.8 Å². The molecule has 0 fully saturated rings. The van der Waals surface area contributed by atoms with Crippen LogP contribution in [-0.2, 0) is 15.8 Å². The number of benzene rings is 1. The summed E-state index contributed by atoms with van der Waals surface area (Å²) in [6.45, 7) is 0. The summed E-state index contributed by atoms with van der Waals surface area (Å²) in [4.78, 5) is 14.4. The van der Waals surface area contributed by atoms with E-state index in [1.807, 2.05) is 0 Å². The highest BCUT2D eigenvalue weighted by Crippen LogP contribution is 2.22. The summed E-state index contributed by atoms with van der Waals surface area (Å²) in [5.41, 5.74) is 0.832. The van der Waals surface area contributed by atoms with Crippen LogP contribution in [0, 0.1) is 5.82 Å². The molecule has 1 aromatic heterocycles. The Morgan fingerprint density at radius 1 is 1.40 bits per heavy atom. The van der Waals surface area contributed by atoms with Crippen LogP contribution in [0.5, 0.6) is 0 Å². The molecule has 0 spiro atoms. The minimum absolute atomic E-state index is 0.00129. The second-order valence-corrected chi connectivity index (χ2v) is 6.36. The van der Waals surface area contributed by atoms with E-state index in [-0.39, 0.29) is 16.3 Å². The van der Waals surface area contributed by atoms with Crippen LogP contribution in [-0.4, -0.2) is 24.5 Å². The number of hydrogen-bond donors (Lipinski definition) is 2. The van der Waals surface area contributed by atoms with Gasteiger partial charge in [-0.3, -0.25) is 4.72 Å². The van der Waals surface area contributed by atoms with Gasteiger partial charge in [0.2, 0.25) is 10.0 Å². The van der Waals surface area contributed by atoms with Crippen molar-refractivity contribution in [2.45, 2.75) is 5.75 Å². The van der Waals surface area contributed by atoms with Gasteiger partial charge in [0.05, 0.1) is 11.3 Å². The maximum absolute atomic E-state index is 13.4. The number of aromatic nitrogens is 1. The highest BCUT2D eigenvalue weighted by atomic mass is 32.2. The lowest BCUT2D eigenvalue weighted by atomic mass is 10.2. The molecule has 0 saturated carbocycles. The van der Waals surface area contributed by atoms with Crippen LogP contribution < -0.4 is 4.72 Å². The molecule has 0 aliphatic rings. The Morgan fingerprint density at radius 3 is 2.75 bits per heavy atom. The smallest absolute Gasteiger partial charge is 0.357 e. The van der Waals surface area contributed by atoms with E-state index < -0.39 is 27.6 Å². The molecule has 0 atom stereocenters. The summed E-state index contributed by atoms with van der Waals surface area (Å²) >= 11 is 0.844. The third-order valence-corrected chi connectivity index (χ3v) is 4.40. The number of anilines is 1. The Morgan fingerprint density at radius 2 is 2.10 bits per heavy atom. The van der Waals surface area contributed by atoms with Crippen molar-refractivity contribution < 1.29 is 22.7 Å². The highest BCUT2D eigenvalue weighted by Gasteiger charge is 2.20. The number of carbonyl (C=O) groups is 1. The lowest BCUT2D eigenvalue weighted by molar-refractivity contribution is 0.0692. The molecule has 0 aliphatic carbocycles. The Bertz CT molecular complexity index is 742. The van der Waals surface area contributed by atoms with Crippen molar-refractivity contribution in [3.05, 3.63) is 46.9 Å². The first kappa shape index (κ1) is 14.4. The predicted octanol–water partition coefficient (Wildman–Crippen LogP) is 1.92. The third kappa shape index (κ3) is 3.31. The van der Waals surface area contributed by atoms with E-state index in [2.05, 4.69) is 9.71 Å². The van der Waals surface area contributed by atoms with E-state index in [0.29, 0.717) is 0 Å². The van der Waals surface area contributed by atoms with E-state index in [0.717, 1.165) is 17.4 Å². The summed E-state index contributed by atoms with van der Waals surface area (Å²) in [6.07, 6.45) is 0. The fraction of sp³-hybridized carbons (Fsp3) is 0.0909. The molecule has 2 aromatic rings. The molecule has 0 aliphatic heterocycles. The largest absolute Gasteiger partial charge is 0.476 e. The van der Waals surface area contributed by atoms with E-state index in [9.17, 15) is 17.6 Å². The van der Waals surface area contributed by atoms with Gasteiger partial charge >= 0.3 is 5.97 Å². The number of carboxylic acid groups (broad SMARTS) is 1. The molecule has 0 amide bonds. The van der Waals surface area contributed by atoms with Gasteiger partial charge in [-0.1, -0.05) is 18.2 Å². The van der Waals surface area contributed by atoms with Crippen molar-refractivity contribution in [2.75, 3.05) is 4.72 Å². The van der Waals surface area contributed by atoms with Crippen molar-refractivity contribution in [1.29, 1.82) is 0 Å². The van der Waals surface area contributed by atoms with Crippen molar-refractivity contribution in [3.8, 4) is 0 Å². The fourth-order valence-corrected chi connectivity index (χ4v) is 3.65. The van der Waals surface area contributed by atoms with Gasteiger partial charge in [0.15, 0.2) is 5.69 Å². The molecule has 9 heteroatoms. The summed E-state index contributed by atoms with van der Waals surface area (Å²) in [5, 5.41) is 8.73. The van der Waals surface area contributed by atoms with Gasteiger partial charge in [-0.2, -0.15) is 0 Å². The topological polar surface area (TPSA) is 96.4 Å². The molecule has 20 heavy (non-hydrogen) atoms. The van der Waals surface area contributed by atoms with E-state index >= 15 is 0 Å². The molecule has 2 N–H and O–H groups in total. The van der Waals surface area contributed by atoms with Gasteiger partial charge in [0.1, 0.15) is 10.8 Å². The minimum atomic E-state index is -3.92. The van der Waals surface area contributed by atoms with Crippen LogP contribution in [0.4, 0.5) is 9.39 Å². The number of sulfonamides is 1. The molecule has 0 radical (unpaired) electrons. The molecule has 106 valence electrons. The summed E-state index contributed by atoms with van der Waals surface area (Å²) in [6, 6.07) is 5.47. The number of carboxylic acids is 1. The maximum atomic E-state index is 13.4. The molecular weight excluding hydrogens is 307 g/mol. The van der Waals surface area contributed by atoms with Crippen LogP contribution in [0.2, 0.25) is 0 Å². The van der Waals surface area contributed by atoms with Crippen molar-refractivity contribution >= 4 is 32.3 Å². The first-order chi connectivity index (χ1) is 9.39. The average molecular weight is 316 g/mol. The Kier molecular flexibility index (Phi) is 4.00. The first-order valence-corrected chi connectivity index (χ1v) is 7.83. The average Bonchev–Trinajstić information content (AvgIpc) is 2.79. The fourth-order valence-electron chi connectivity index (χ4n) is 1.47. The quantitative estimate of drug-likeness (QED) is 0.878. The zero-order valence-corrected chi connectivity index (χ0v) is 11.5. The lowest BCUT2D eigenvalue weighted by Crippen LogP contribution is -2.17. The maximum Gasteiger partial charge on any atom is 0.357 e. The summed E-state index contributed by atoms with van der Waals surface area (Å²) in [7, 11) is -3.92. The number of aromatic carboxylic acids is 1. The van der Waals surface area contributed by atoms with Crippen LogP contribution in [0.1, 0.15) is 16.1 Å². The number of thiazole rings is 1. The van der Waals surface area contributed by atoms with Gasteiger partial charge in [0.25, 0.3) is 0 Å². The first-order valence-electron chi connectivity index (χ1n) is 5.30. The molecule has 0 bridgehead atoms. The van der Waals surface area contributed by atoms with E-state index in [4.69, 9.17) is 5.11 Å². The van der Waals surface area contributed by atoms with Crippen molar-refractivity contribution in [1.82, 2.24) is 4.98 Å². The lowest BCUT2D eigenvalue weighted by Gasteiger charge is -2.07. The Labute approximate surface area is 118 Å². The molecule has 0 unspecified atom stereocenters. The molecule has 1 aromatic carbocycles. The monoisotopic (exact) mass is 316 g/mol. The zero-order chi connectivity index (χ0) is 14.8. The SMILES string of the molecule is O=C(O)c1ncsc1NS(=O)(=O)Cc1ccccc1F. The molecule has 1 heterocycles. The van der Waals surface area contributed by atoms with Crippen LogP contribution >= 0.6 is 11.3 Å². The van der Waals surface area contributed by atoms with Crippen molar-refractivity contribution in [3.63, 3.8) is 0 Å². The second kappa shape index (κ2) is 5.55. The van der Waals surface area contributed by atoms with Gasteiger partial charge in [-0.05, 0) is 6.07 Å². The highest BCUT2D eigenvalue weighted by molar-refractivity contribution is 7.92. The van der Waals surface area contributed by atoms with Gasteiger partial charge in [-0.25, -0.2) is 22.6 Å². The van der Waals surface area contributed by atoms with Gasteiger partial charge in [-0.15, -0.1) is 11.3 Å². The molecular formula is C11H9FN2O4S2. The second-order valence-electron chi connectivity index (χ2n) is 3.79. The normalized spacial score (nSPS) is 11.2. The standard InChI is InChI=1S/C11H9FN2O4S2/c12-8-4-2-1-3-7(8)5-20(17,18)14-10-9(11(15)16)13-6-19-10/h1-4,6,14H,5H2,(H,15,16). The molecule has 0 saturated heterocycles. The van der Waals surface area contributed by atoms with E-state index in [1.165, 1.54) is 23.7 Å².